The molecular weight excluding hydrogens is 412 g/mol. The Morgan fingerprint density at radius 2 is 1.59 bits per heavy atom. The Morgan fingerprint density at radius 1 is 0.906 bits per heavy atom. The van der Waals surface area contributed by atoms with Crippen LogP contribution in [-0.2, 0) is 6.61 Å². The van der Waals surface area contributed by atoms with E-state index in [1.165, 1.54) is 11.9 Å². The lowest BCUT2D eigenvalue weighted by Gasteiger charge is -2.44. The van der Waals surface area contributed by atoms with Crippen molar-refractivity contribution in [2.24, 2.45) is 0 Å². The summed E-state index contributed by atoms with van der Waals surface area (Å²) in [6.07, 6.45) is 5.62. The first-order chi connectivity index (χ1) is 15.4. The Balaban J connectivity index is 1.94. The number of oxazole rings is 1. The first-order valence-electron chi connectivity index (χ1n) is 11.6. The molecule has 0 atom stereocenters. The first kappa shape index (κ1) is 22.4. The molecule has 5 heteroatoms. The molecule has 4 nitrogen and oxygen atoms in total. The molecule has 0 fully saturated rings. The van der Waals surface area contributed by atoms with Gasteiger partial charge in [-0.2, -0.15) is 0 Å². The zero-order valence-electron chi connectivity index (χ0n) is 20.0. The summed E-state index contributed by atoms with van der Waals surface area (Å²) in [5.41, 5.74) is 5.17. The fourth-order valence-electron chi connectivity index (χ4n) is 5.80. The van der Waals surface area contributed by atoms with Crippen LogP contribution in [0.2, 0.25) is 16.6 Å². The molecule has 2 aromatic carbocycles. The van der Waals surface area contributed by atoms with Gasteiger partial charge in [-0.1, -0.05) is 77.9 Å². The molecule has 0 aliphatic carbocycles. The smallest absolute Gasteiger partial charge is 0.181 e. The van der Waals surface area contributed by atoms with E-state index in [0.717, 1.165) is 28.0 Å². The highest BCUT2D eigenvalue weighted by Gasteiger charge is 2.46. The average molecular weight is 447 g/mol. The Labute approximate surface area is 192 Å². The minimum Gasteiger partial charge on any atom is -0.488 e. The van der Waals surface area contributed by atoms with Gasteiger partial charge in [-0.25, -0.2) is 4.98 Å². The number of ether oxygens (including phenoxy) is 1. The van der Waals surface area contributed by atoms with Crippen molar-refractivity contribution in [1.29, 1.82) is 0 Å². The van der Waals surface area contributed by atoms with E-state index in [-0.39, 0.29) is 0 Å². The highest BCUT2D eigenvalue weighted by molar-refractivity contribution is 6.82. The van der Waals surface area contributed by atoms with E-state index >= 15 is 0 Å². The minimum absolute atomic E-state index is 0.530. The van der Waals surface area contributed by atoms with Crippen LogP contribution in [0.15, 0.2) is 71.7 Å². The van der Waals surface area contributed by atoms with Gasteiger partial charge in [-0.3, -0.25) is 0 Å². The highest BCUT2D eigenvalue weighted by Crippen LogP contribution is 2.47. The average Bonchev–Trinajstić information content (AvgIpc) is 3.41. The number of benzene rings is 2. The van der Waals surface area contributed by atoms with Crippen molar-refractivity contribution in [3.05, 3.63) is 72.9 Å². The van der Waals surface area contributed by atoms with Crippen molar-refractivity contribution >= 4 is 19.1 Å². The third kappa shape index (κ3) is 3.69. The maximum atomic E-state index is 6.39. The molecule has 32 heavy (non-hydrogen) atoms. The Hall–Kier alpha value is -2.79. The molecular formula is C27H34N2O2Si. The molecule has 0 saturated heterocycles. The van der Waals surface area contributed by atoms with Gasteiger partial charge in [0.25, 0.3) is 0 Å². The summed E-state index contributed by atoms with van der Waals surface area (Å²) < 4.78 is 14.8. The molecule has 0 saturated carbocycles. The summed E-state index contributed by atoms with van der Waals surface area (Å²) in [6.45, 7) is 14.9. The van der Waals surface area contributed by atoms with Gasteiger partial charge in [-0.15, -0.1) is 0 Å². The Morgan fingerprint density at radius 3 is 2.19 bits per heavy atom. The molecule has 0 aliphatic rings. The SMILES string of the molecule is CC(C)[Si](C(C)C)(C(C)C)n1cc(-c2cnco2)c2c(OCc3ccccc3)cccc21. The summed E-state index contributed by atoms with van der Waals surface area (Å²) in [5.74, 6) is 1.67. The van der Waals surface area contributed by atoms with E-state index in [2.05, 4.69) is 87.3 Å². The number of hydrogen-bond acceptors (Lipinski definition) is 3. The minimum atomic E-state index is -1.97. The summed E-state index contributed by atoms with van der Waals surface area (Å²) >= 11 is 0. The van der Waals surface area contributed by atoms with Gasteiger partial charge < -0.3 is 13.4 Å². The van der Waals surface area contributed by atoms with Crippen LogP contribution in [0.4, 0.5) is 0 Å². The van der Waals surface area contributed by atoms with Crippen molar-refractivity contribution < 1.29 is 9.15 Å². The number of rotatable bonds is 8. The summed E-state index contributed by atoms with van der Waals surface area (Å²) in [7, 11) is -1.97. The van der Waals surface area contributed by atoms with Gasteiger partial charge in [0, 0.05) is 17.3 Å². The van der Waals surface area contributed by atoms with E-state index in [1.807, 2.05) is 18.2 Å². The molecule has 4 aromatic rings. The normalized spacial score (nSPS) is 12.4. The molecule has 168 valence electrons. The molecule has 0 N–H and O–H groups in total. The summed E-state index contributed by atoms with van der Waals surface area (Å²) in [4.78, 5) is 4.20. The maximum Gasteiger partial charge on any atom is 0.181 e. The third-order valence-corrected chi connectivity index (χ3v) is 13.7. The second-order valence-corrected chi connectivity index (χ2v) is 15.3. The van der Waals surface area contributed by atoms with Crippen LogP contribution >= 0.6 is 0 Å². The Bertz CT molecular complexity index is 1140. The van der Waals surface area contributed by atoms with Crippen LogP contribution in [0.25, 0.3) is 22.2 Å². The van der Waals surface area contributed by atoms with E-state index < -0.39 is 8.24 Å². The van der Waals surface area contributed by atoms with E-state index in [0.29, 0.717) is 23.2 Å². The second kappa shape index (κ2) is 8.98. The van der Waals surface area contributed by atoms with E-state index in [1.54, 1.807) is 6.20 Å². The van der Waals surface area contributed by atoms with Crippen molar-refractivity contribution in [3.8, 4) is 17.1 Å². The Kier molecular flexibility index (Phi) is 6.29. The van der Waals surface area contributed by atoms with Crippen LogP contribution < -0.4 is 4.74 Å². The van der Waals surface area contributed by atoms with Crippen LogP contribution in [0.5, 0.6) is 5.75 Å². The number of nitrogens with zero attached hydrogens (tertiary/aromatic N) is 2. The summed E-state index contributed by atoms with van der Waals surface area (Å²) in [6, 6.07) is 16.7. The molecule has 0 radical (unpaired) electrons. The van der Waals surface area contributed by atoms with Gasteiger partial charge in [0.2, 0.25) is 0 Å². The van der Waals surface area contributed by atoms with Crippen LogP contribution in [0, 0.1) is 0 Å². The highest BCUT2D eigenvalue weighted by atomic mass is 28.3. The molecule has 0 aliphatic heterocycles. The van der Waals surface area contributed by atoms with Crippen molar-refractivity contribution in [1.82, 2.24) is 9.22 Å². The van der Waals surface area contributed by atoms with Crippen LogP contribution in [-0.4, -0.2) is 17.5 Å². The summed E-state index contributed by atoms with van der Waals surface area (Å²) in [5, 5.41) is 1.11. The van der Waals surface area contributed by atoms with Gasteiger partial charge in [0.15, 0.2) is 20.4 Å². The van der Waals surface area contributed by atoms with Gasteiger partial charge >= 0.3 is 0 Å². The lowest BCUT2D eigenvalue weighted by atomic mass is 10.1. The van der Waals surface area contributed by atoms with E-state index in [9.17, 15) is 0 Å². The van der Waals surface area contributed by atoms with Crippen molar-refractivity contribution in [3.63, 3.8) is 0 Å². The van der Waals surface area contributed by atoms with Gasteiger partial charge in [0.1, 0.15) is 12.4 Å². The lowest BCUT2D eigenvalue weighted by Crippen LogP contribution is -2.51. The zero-order valence-corrected chi connectivity index (χ0v) is 21.0. The first-order valence-corrected chi connectivity index (χ1v) is 13.7. The van der Waals surface area contributed by atoms with Crippen molar-refractivity contribution in [2.45, 2.75) is 64.8 Å². The largest absolute Gasteiger partial charge is 0.488 e. The molecule has 0 bridgehead atoms. The van der Waals surface area contributed by atoms with Crippen LogP contribution in [0.1, 0.15) is 47.1 Å². The van der Waals surface area contributed by atoms with Crippen molar-refractivity contribution in [2.75, 3.05) is 0 Å². The lowest BCUT2D eigenvalue weighted by molar-refractivity contribution is 0.310. The number of fused-ring (bicyclic) bond motifs is 1. The predicted molar refractivity (Wildman–Crippen MR) is 135 cm³/mol. The van der Waals surface area contributed by atoms with E-state index in [4.69, 9.17) is 9.15 Å². The second-order valence-electron chi connectivity index (χ2n) is 9.55. The monoisotopic (exact) mass is 446 g/mol. The molecule has 0 amide bonds. The number of hydrogen-bond donors (Lipinski definition) is 0. The topological polar surface area (TPSA) is 40.2 Å². The van der Waals surface area contributed by atoms with Crippen LogP contribution in [0.3, 0.4) is 0 Å². The maximum absolute atomic E-state index is 6.39. The fraction of sp³-hybridized carbons (Fsp3) is 0.370. The number of aromatic nitrogens is 2. The molecule has 4 rings (SSSR count). The molecule has 0 spiro atoms. The van der Waals surface area contributed by atoms with Gasteiger partial charge in [0.05, 0.1) is 11.6 Å². The molecule has 2 aromatic heterocycles. The molecule has 0 unspecified atom stereocenters. The third-order valence-electron chi connectivity index (χ3n) is 6.92. The quantitative estimate of drug-likeness (QED) is 0.258. The zero-order chi connectivity index (χ0) is 22.9. The van der Waals surface area contributed by atoms with Gasteiger partial charge in [-0.05, 0) is 34.3 Å². The standard InChI is InChI=1S/C27H34N2O2Si/c1-19(2)32(20(3)4,21(5)6)29-16-23(26-15-28-18-31-26)27-24(29)13-10-14-25(27)30-17-22-11-8-7-9-12-22/h7-16,18-21H,17H2,1-6H3. The predicted octanol–water partition coefficient (Wildman–Crippen LogP) is 7.90. The molecule has 2 heterocycles. The fourth-order valence-corrected chi connectivity index (χ4v) is 12.4.